The molecule has 0 unspecified atom stereocenters. The number of primary amides is 1. The number of amides is 1. The lowest BCUT2D eigenvalue weighted by atomic mass is 10.1. The van der Waals surface area contributed by atoms with Crippen LogP contribution in [0.5, 0.6) is 11.6 Å². The van der Waals surface area contributed by atoms with Crippen molar-refractivity contribution in [3.05, 3.63) is 46.9 Å². The van der Waals surface area contributed by atoms with Crippen molar-refractivity contribution in [3.63, 3.8) is 0 Å². The highest BCUT2D eigenvalue weighted by Gasteiger charge is 2.15. The van der Waals surface area contributed by atoms with Gasteiger partial charge in [-0.05, 0) is 56.5 Å². The maximum absolute atomic E-state index is 11.2. The first kappa shape index (κ1) is 16.4. The number of rotatable bonds is 5. The summed E-state index contributed by atoms with van der Waals surface area (Å²) >= 11 is 0. The Morgan fingerprint density at radius 3 is 2.50 bits per heavy atom. The van der Waals surface area contributed by atoms with Gasteiger partial charge in [-0.2, -0.15) is 0 Å². The molecule has 1 aliphatic heterocycles. The van der Waals surface area contributed by atoms with Gasteiger partial charge in [-0.15, -0.1) is 0 Å². The molecule has 6 nitrogen and oxygen atoms in total. The molecule has 6 heteroatoms. The van der Waals surface area contributed by atoms with Crippen LogP contribution in [0.3, 0.4) is 0 Å². The standard InChI is InChI=1S/C18H22N4O2/c1-12-7-14(11-22-5-3-4-6-22)8-13(2)17(12)24-16-10-20-9-15(21-16)18(19)23/h7-10H,3-6,11H2,1-2H3,(H2,19,23). The summed E-state index contributed by atoms with van der Waals surface area (Å²) in [5.41, 5.74) is 8.69. The number of likely N-dealkylation sites (tertiary alicyclic amines) is 1. The Morgan fingerprint density at radius 1 is 1.21 bits per heavy atom. The fraction of sp³-hybridized carbons (Fsp3) is 0.389. The monoisotopic (exact) mass is 326 g/mol. The summed E-state index contributed by atoms with van der Waals surface area (Å²) in [7, 11) is 0. The van der Waals surface area contributed by atoms with Gasteiger partial charge in [-0.3, -0.25) is 14.7 Å². The fourth-order valence-corrected chi connectivity index (χ4v) is 3.11. The molecule has 1 aliphatic rings. The van der Waals surface area contributed by atoms with Crippen LogP contribution in [0.2, 0.25) is 0 Å². The van der Waals surface area contributed by atoms with Gasteiger partial charge in [0.15, 0.2) is 0 Å². The molecule has 126 valence electrons. The molecule has 0 aliphatic carbocycles. The van der Waals surface area contributed by atoms with Gasteiger partial charge in [0, 0.05) is 6.54 Å². The number of hydrogen-bond acceptors (Lipinski definition) is 5. The lowest BCUT2D eigenvalue weighted by Gasteiger charge is -2.17. The summed E-state index contributed by atoms with van der Waals surface area (Å²) < 4.78 is 5.86. The van der Waals surface area contributed by atoms with E-state index in [-0.39, 0.29) is 11.6 Å². The van der Waals surface area contributed by atoms with Crippen LogP contribution >= 0.6 is 0 Å². The number of ether oxygens (including phenoxy) is 1. The number of carbonyl (C=O) groups is 1. The quantitative estimate of drug-likeness (QED) is 0.913. The van der Waals surface area contributed by atoms with Gasteiger partial charge in [0.1, 0.15) is 11.4 Å². The average molecular weight is 326 g/mol. The molecule has 0 saturated carbocycles. The minimum atomic E-state index is -0.623. The second-order valence-corrected chi connectivity index (χ2v) is 6.25. The Labute approximate surface area is 141 Å². The Bertz CT molecular complexity index is 731. The van der Waals surface area contributed by atoms with Gasteiger partial charge in [-0.1, -0.05) is 12.1 Å². The number of aryl methyl sites for hydroxylation is 2. The van der Waals surface area contributed by atoms with Crippen LogP contribution in [0.4, 0.5) is 0 Å². The highest BCUT2D eigenvalue weighted by atomic mass is 16.5. The molecular weight excluding hydrogens is 304 g/mol. The SMILES string of the molecule is Cc1cc(CN2CCCC2)cc(C)c1Oc1cncc(C(N)=O)n1. The highest BCUT2D eigenvalue weighted by molar-refractivity contribution is 5.90. The molecule has 1 amide bonds. The average Bonchev–Trinajstić information content (AvgIpc) is 3.04. The van der Waals surface area contributed by atoms with E-state index in [9.17, 15) is 4.79 Å². The summed E-state index contributed by atoms with van der Waals surface area (Å²) in [5, 5.41) is 0. The van der Waals surface area contributed by atoms with Gasteiger partial charge in [0.2, 0.25) is 5.88 Å². The van der Waals surface area contributed by atoms with Gasteiger partial charge >= 0.3 is 0 Å². The van der Waals surface area contributed by atoms with Crippen LogP contribution in [0.25, 0.3) is 0 Å². The largest absolute Gasteiger partial charge is 0.437 e. The number of hydrogen-bond donors (Lipinski definition) is 1. The highest BCUT2D eigenvalue weighted by Crippen LogP contribution is 2.29. The van der Waals surface area contributed by atoms with Crippen molar-refractivity contribution in [2.45, 2.75) is 33.2 Å². The van der Waals surface area contributed by atoms with Gasteiger partial charge < -0.3 is 10.5 Å². The summed E-state index contributed by atoms with van der Waals surface area (Å²) in [6.07, 6.45) is 5.37. The van der Waals surface area contributed by atoms with Gasteiger partial charge in [-0.25, -0.2) is 4.98 Å². The number of nitrogens with zero attached hydrogens (tertiary/aromatic N) is 3. The molecule has 24 heavy (non-hydrogen) atoms. The molecule has 1 aromatic carbocycles. The molecule has 2 heterocycles. The van der Waals surface area contributed by atoms with Crippen molar-refractivity contribution in [2.24, 2.45) is 5.73 Å². The number of benzene rings is 1. The predicted octanol–water partition coefficient (Wildman–Crippen LogP) is 2.58. The van der Waals surface area contributed by atoms with E-state index >= 15 is 0 Å². The molecule has 0 atom stereocenters. The molecule has 2 aromatic rings. The number of aromatic nitrogens is 2. The second-order valence-electron chi connectivity index (χ2n) is 6.25. The van der Waals surface area contributed by atoms with E-state index in [2.05, 4.69) is 27.0 Å². The summed E-state index contributed by atoms with van der Waals surface area (Å²) in [4.78, 5) is 21.7. The minimum Gasteiger partial charge on any atom is -0.437 e. The summed E-state index contributed by atoms with van der Waals surface area (Å²) in [6.45, 7) is 7.35. The lowest BCUT2D eigenvalue weighted by molar-refractivity contribution is 0.0994. The molecule has 1 fully saturated rings. The van der Waals surface area contributed by atoms with E-state index in [4.69, 9.17) is 10.5 Å². The van der Waals surface area contributed by atoms with E-state index < -0.39 is 5.91 Å². The minimum absolute atomic E-state index is 0.0912. The van der Waals surface area contributed by atoms with Crippen molar-refractivity contribution < 1.29 is 9.53 Å². The molecule has 1 aromatic heterocycles. The zero-order valence-electron chi connectivity index (χ0n) is 14.1. The number of nitrogens with two attached hydrogens (primary N) is 1. The molecule has 0 bridgehead atoms. The molecule has 3 rings (SSSR count). The normalized spacial score (nSPS) is 14.8. The summed E-state index contributed by atoms with van der Waals surface area (Å²) in [6, 6.07) is 4.29. The van der Waals surface area contributed by atoms with E-state index in [1.165, 1.54) is 43.9 Å². The third-order valence-electron chi connectivity index (χ3n) is 4.20. The maximum atomic E-state index is 11.2. The van der Waals surface area contributed by atoms with Crippen LogP contribution in [-0.4, -0.2) is 33.9 Å². The van der Waals surface area contributed by atoms with Crippen molar-refractivity contribution in [3.8, 4) is 11.6 Å². The van der Waals surface area contributed by atoms with E-state index in [1.54, 1.807) is 0 Å². The first-order chi connectivity index (χ1) is 11.5. The Balaban J connectivity index is 1.80. The van der Waals surface area contributed by atoms with Crippen LogP contribution in [0.1, 0.15) is 40.0 Å². The molecule has 1 saturated heterocycles. The van der Waals surface area contributed by atoms with E-state index in [0.717, 1.165) is 23.4 Å². The van der Waals surface area contributed by atoms with Crippen molar-refractivity contribution in [1.29, 1.82) is 0 Å². The van der Waals surface area contributed by atoms with Gasteiger partial charge in [0.05, 0.1) is 12.4 Å². The maximum Gasteiger partial charge on any atom is 0.269 e. The Kier molecular flexibility index (Phi) is 4.76. The molecule has 0 radical (unpaired) electrons. The second kappa shape index (κ2) is 6.97. The van der Waals surface area contributed by atoms with E-state index in [1.807, 2.05) is 13.8 Å². The summed E-state index contributed by atoms with van der Waals surface area (Å²) in [5.74, 6) is 0.392. The Morgan fingerprint density at radius 2 is 1.88 bits per heavy atom. The third-order valence-corrected chi connectivity index (χ3v) is 4.20. The Hall–Kier alpha value is -2.47. The van der Waals surface area contributed by atoms with Crippen molar-refractivity contribution >= 4 is 5.91 Å². The first-order valence-corrected chi connectivity index (χ1v) is 8.15. The van der Waals surface area contributed by atoms with Crippen molar-refractivity contribution in [1.82, 2.24) is 14.9 Å². The van der Waals surface area contributed by atoms with E-state index in [0.29, 0.717) is 0 Å². The smallest absolute Gasteiger partial charge is 0.269 e. The van der Waals surface area contributed by atoms with Gasteiger partial charge in [0.25, 0.3) is 5.91 Å². The zero-order valence-corrected chi connectivity index (χ0v) is 14.1. The zero-order chi connectivity index (χ0) is 17.1. The van der Waals surface area contributed by atoms with Crippen LogP contribution in [0.15, 0.2) is 24.5 Å². The van der Waals surface area contributed by atoms with Crippen molar-refractivity contribution in [2.75, 3.05) is 13.1 Å². The third kappa shape index (κ3) is 3.71. The first-order valence-electron chi connectivity index (χ1n) is 8.15. The fourth-order valence-electron chi connectivity index (χ4n) is 3.11. The predicted molar refractivity (Wildman–Crippen MR) is 91.1 cm³/mol. The lowest BCUT2D eigenvalue weighted by Crippen LogP contribution is -2.18. The molecule has 2 N–H and O–H groups in total. The number of carbonyl (C=O) groups excluding carboxylic acids is 1. The van der Waals surface area contributed by atoms with Crippen LogP contribution < -0.4 is 10.5 Å². The van der Waals surface area contributed by atoms with Crippen LogP contribution in [0, 0.1) is 13.8 Å². The topological polar surface area (TPSA) is 81.3 Å². The van der Waals surface area contributed by atoms with Crippen LogP contribution in [-0.2, 0) is 6.54 Å². The molecule has 0 spiro atoms. The molecular formula is C18H22N4O2.